The van der Waals surface area contributed by atoms with Crippen molar-refractivity contribution in [3.63, 3.8) is 0 Å². The van der Waals surface area contributed by atoms with E-state index in [2.05, 4.69) is 55.5 Å². The molecule has 1 saturated carbocycles. The number of hydrogen-bond acceptors (Lipinski definition) is 0. The predicted molar refractivity (Wildman–Crippen MR) is 75.3 cm³/mol. The van der Waals surface area contributed by atoms with Gasteiger partial charge in [0.1, 0.15) is 0 Å². The molecule has 1 fully saturated rings. The summed E-state index contributed by atoms with van der Waals surface area (Å²) in [6.45, 7) is 2.37. The van der Waals surface area contributed by atoms with E-state index in [0.29, 0.717) is 5.92 Å². The molecular weight excluding hydrogens is 220 g/mol. The summed E-state index contributed by atoms with van der Waals surface area (Å²) in [6, 6.07) is 8.82. The molecule has 92 valence electrons. The minimum atomic E-state index is 0. The summed E-state index contributed by atoms with van der Waals surface area (Å²) in [5.41, 5.74) is 6.03. The molecule has 3 atom stereocenters. The largest absolute Gasteiger partial charge is 0.412 e. The van der Waals surface area contributed by atoms with E-state index < -0.39 is 0 Å². The van der Waals surface area contributed by atoms with Crippen LogP contribution in [-0.4, -0.2) is 5.48 Å². The fraction of sp³-hybridized carbons (Fsp3) is 0.294. The van der Waals surface area contributed by atoms with Crippen molar-refractivity contribution in [2.24, 2.45) is 11.8 Å². The van der Waals surface area contributed by atoms with Gasteiger partial charge in [-0.3, -0.25) is 0 Å². The first kappa shape index (κ1) is 11.5. The molecule has 0 spiro atoms. The minimum absolute atomic E-state index is 0. The fourth-order valence-corrected chi connectivity index (χ4v) is 3.45. The lowest BCUT2D eigenvalue weighted by molar-refractivity contribution is 0.760. The van der Waals surface area contributed by atoms with Gasteiger partial charge in [-0.1, -0.05) is 61.1 Å². The Balaban J connectivity index is 0.000001000. The Morgan fingerprint density at radius 3 is 2.78 bits per heavy atom. The Morgan fingerprint density at radius 2 is 1.89 bits per heavy atom. The molecule has 0 amide bonds. The van der Waals surface area contributed by atoms with Crippen LogP contribution in [0, 0.1) is 11.8 Å². The zero-order valence-corrected chi connectivity index (χ0v) is 10.6. The molecule has 1 nitrogen and oxygen atoms in total. The van der Waals surface area contributed by atoms with Crippen LogP contribution in [0.4, 0.5) is 0 Å². The van der Waals surface area contributed by atoms with Crippen molar-refractivity contribution in [1.29, 1.82) is 0 Å². The highest BCUT2D eigenvalue weighted by Crippen LogP contribution is 2.54. The Morgan fingerprint density at radius 1 is 1.06 bits per heavy atom. The second-order valence-corrected chi connectivity index (χ2v) is 5.46. The maximum atomic E-state index is 2.40. The highest BCUT2D eigenvalue weighted by atomic mass is 16.0. The van der Waals surface area contributed by atoms with E-state index in [4.69, 9.17) is 0 Å². The Hall–Kier alpha value is -1.60. The van der Waals surface area contributed by atoms with E-state index in [-0.39, 0.29) is 5.48 Å². The summed E-state index contributed by atoms with van der Waals surface area (Å²) < 4.78 is 0. The molecule has 0 bridgehead atoms. The van der Waals surface area contributed by atoms with E-state index in [1.165, 1.54) is 23.1 Å². The van der Waals surface area contributed by atoms with Gasteiger partial charge in [0.15, 0.2) is 0 Å². The van der Waals surface area contributed by atoms with Crippen molar-refractivity contribution in [3.8, 4) is 0 Å². The van der Waals surface area contributed by atoms with Crippen LogP contribution in [0.25, 0.3) is 6.08 Å². The highest BCUT2D eigenvalue weighted by Gasteiger charge is 2.43. The second-order valence-electron chi connectivity index (χ2n) is 5.46. The van der Waals surface area contributed by atoms with Crippen molar-refractivity contribution in [1.82, 2.24) is 0 Å². The molecule has 3 aliphatic rings. The third kappa shape index (κ3) is 1.51. The van der Waals surface area contributed by atoms with E-state index in [1.54, 1.807) is 5.57 Å². The SMILES string of the molecule is CC1C2=C(C=Cc3ccccc31)C=CC1CC21.O. The van der Waals surface area contributed by atoms with Crippen LogP contribution in [0.2, 0.25) is 0 Å². The number of fused-ring (bicyclic) bond motifs is 3. The molecule has 4 rings (SSSR count). The second kappa shape index (κ2) is 3.96. The lowest BCUT2D eigenvalue weighted by Crippen LogP contribution is -2.05. The molecular formula is C17H18O. The van der Waals surface area contributed by atoms with Gasteiger partial charge in [0, 0.05) is 5.92 Å². The summed E-state index contributed by atoms with van der Waals surface area (Å²) in [6.07, 6.45) is 10.7. The smallest absolute Gasteiger partial charge is 0.00377 e. The number of rotatable bonds is 0. The van der Waals surface area contributed by atoms with Crippen LogP contribution < -0.4 is 0 Å². The van der Waals surface area contributed by atoms with Crippen LogP contribution in [0.1, 0.15) is 30.4 Å². The summed E-state index contributed by atoms with van der Waals surface area (Å²) in [5, 5.41) is 0. The van der Waals surface area contributed by atoms with Gasteiger partial charge in [-0.25, -0.2) is 0 Å². The van der Waals surface area contributed by atoms with Gasteiger partial charge >= 0.3 is 0 Å². The Labute approximate surface area is 108 Å². The van der Waals surface area contributed by atoms with Crippen LogP contribution in [0.3, 0.4) is 0 Å². The van der Waals surface area contributed by atoms with Crippen LogP contribution in [0.15, 0.2) is 53.6 Å². The first-order valence-corrected chi connectivity index (χ1v) is 6.54. The molecule has 0 radical (unpaired) electrons. The molecule has 0 aromatic heterocycles. The zero-order valence-electron chi connectivity index (χ0n) is 10.6. The summed E-state index contributed by atoms with van der Waals surface area (Å²) in [5.74, 6) is 2.26. The molecule has 0 aliphatic heterocycles. The molecule has 2 N–H and O–H groups in total. The Kier molecular flexibility index (Phi) is 2.53. The van der Waals surface area contributed by atoms with Gasteiger partial charge in [-0.15, -0.1) is 0 Å². The standard InChI is InChI=1S/C17H16.H2O/c1-11-15-5-3-2-4-12(15)6-7-13-8-9-14-10-16(14)17(11)13;/h2-9,11,14,16H,10H2,1H3;1H2. The van der Waals surface area contributed by atoms with Gasteiger partial charge < -0.3 is 5.48 Å². The average molecular weight is 238 g/mol. The normalized spacial score (nSPS) is 30.8. The molecule has 1 aromatic carbocycles. The zero-order chi connectivity index (χ0) is 11.4. The van der Waals surface area contributed by atoms with Crippen molar-refractivity contribution in [3.05, 3.63) is 64.8 Å². The quantitative estimate of drug-likeness (QED) is 0.662. The maximum Gasteiger partial charge on any atom is 0.00377 e. The van der Waals surface area contributed by atoms with Crippen LogP contribution in [0.5, 0.6) is 0 Å². The number of hydrogen-bond donors (Lipinski definition) is 0. The lowest BCUT2D eigenvalue weighted by Gasteiger charge is -2.20. The number of allylic oxidation sites excluding steroid dienone is 5. The first-order valence-electron chi connectivity index (χ1n) is 6.54. The van der Waals surface area contributed by atoms with Gasteiger partial charge in [0.05, 0.1) is 0 Å². The highest BCUT2D eigenvalue weighted by molar-refractivity contribution is 5.65. The van der Waals surface area contributed by atoms with E-state index >= 15 is 0 Å². The molecule has 3 aliphatic carbocycles. The number of benzene rings is 1. The fourth-order valence-electron chi connectivity index (χ4n) is 3.45. The molecule has 0 heterocycles. The van der Waals surface area contributed by atoms with Gasteiger partial charge in [-0.2, -0.15) is 0 Å². The van der Waals surface area contributed by atoms with Gasteiger partial charge in [0.25, 0.3) is 0 Å². The summed E-state index contributed by atoms with van der Waals surface area (Å²) in [7, 11) is 0. The first-order chi connectivity index (χ1) is 8.34. The monoisotopic (exact) mass is 238 g/mol. The Bertz CT molecular complexity index is 577. The van der Waals surface area contributed by atoms with Gasteiger partial charge in [0.2, 0.25) is 0 Å². The average Bonchev–Trinajstić information content (AvgIpc) is 3.14. The maximum absolute atomic E-state index is 2.40. The third-order valence-electron chi connectivity index (χ3n) is 4.47. The third-order valence-corrected chi connectivity index (χ3v) is 4.47. The van der Waals surface area contributed by atoms with E-state index in [0.717, 1.165) is 11.8 Å². The molecule has 3 unspecified atom stereocenters. The van der Waals surface area contributed by atoms with E-state index in [9.17, 15) is 0 Å². The summed E-state index contributed by atoms with van der Waals surface area (Å²) >= 11 is 0. The predicted octanol–water partition coefficient (Wildman–Crippen LogP) is 3.49. The molecule has 18 heavy (non-hydrogen) atoms. The van der Waals surface area contributed by atoms with Crippen molar-refractivity contribution >= 4 is 6.08 Å². The molecule has 1 heteroatoms. The van der Waals surface area contributed by atoms with Crippen molar-refractivity contribution in [2.45, 2.75) is 19.3 Å². The minimum Gasteiger partial charge on any atom is -0.412 e. The van der Waals surface area contributed by atoms with Crippen molar-refractivity contribution in [2.75, 3.05) is 0 Å². The molecule has 1 aromatic rings. The lowest BCUT2D eigenvalue weighted by atomic mass is 9.84. The van der Waals surface area contributed by atoms with E-state index in [1.807, 2.05) is 0 Å². The summed E-state index contributed by atoms with van der Waals surface area (Å²) in [4.78, 5) is 0. The van der Waals surface area contributed by atoms with Gasteiger partial charge in [-0.05, 0) is 35.0 Å². The van der Waals surface area contributed by atoms with Crippen LogP contribution in [-0.2, 0) is 0 Å². The topological polar surface area (TPSA) is 31.5 Å². The van der Waals surface area contributed by atoms with Crippen molar-refractivity contribution < 1.29 is 5.48 Å². The molecule has 0 saturated heterocycles. The van der Waals surface area contributed by atoms with Crippen LogP contribution >= 0.6 is 0 Å².